The Bertz CT molecular complexity index is 190. The number of unbranched alkanes of at least 4 members (excludes halogenated alkanes) is 10. The number of hydrogen-bond acceptors (Lipinski definition) is 1. The molecule has 1 aliphatic heterocycles. The van der Waals surface area contributed by atoms with Gasteiger partial charge in [-0.2, -0.15) is 0 Å². The Balaban J connectivity index is 1.68. The van der Waals surface area contributed by atoms with Crippen molar-refractivity contribution in [2.45, 2.75) is 116 Å². The van der Waals surface area contributed by atoms with Gasteiger partial charge in [-0.15, -0.1) is 0 Å². The van der Waals surface area contributed by atoms with Gasteiger partial charge in [-0.1, -0.05) is 90.9 Å². The predicted octanol–water partition coefficient (Wildman–Crippen LogP) is 6.26. The fraction of sp³-hybridized carbons (Fsp3) is 1.00. The lowest BCUT2D eigenvalue weighted by Gasteiger charge is -2.02. The van der Waals surface area contributed by atoms with Crippen LogP contribution in [0.2, 0.25) is 0 Å². The monoisotopic (exact) mass is 268 g/mol. The van der Waals surface area contributed by atoms with Crippen LogP contribution >= 0.6 is 0 Å². The molecule has 1 aliphatic rings. The molecule has 1 heteroatoms. The average Bonchev–Trinajstić information content (AvgIpc) is 3.15. The first-order valence-electron chi connectivity index (χ1n) is 9.04. The van der Waals surface area contributed by atoms with E-state index in [2.05, 4.69) is 13.8 Å². The van der Waals surface area contributed by atoms with E-state index in [1.807, 2.05) is 0 Å². The van der Waals surface area contributed by atoms with Gasteiger partial charge in [0.25, 0.3) is 0 Å². The molecule has 19 heavy (non-hydrogen) atoms. The van der Waals surface area contributed by atoms with Crippen molar-refractivity contribution < 1.29 is 4.74 Å². The summed E-state index contributed by atoms with van der Waals surface area (Å²) in [5, 5.41) is 0. The van der Waals surface area contributed by atoms with Crippen LogP contribution in [0.4, 0.5) is 0 Å². The molecule has 1 fully saturated rings. The van der Waals surface area contributed by atoms with Gasteiger partial charge in [0.15, 0.2) is 0 Å². The molecule has 0 saturated carbocycles. The largest absolute Gasteiger partial charge is 0.370 e. The summed E-state index contributed by atoms with van der Waals surface area (Å²) in [4.78, 5) is 0. The molecule has 2 atom stereocenters. The van der Waals surface area contributed by atoms with Gasteiger partial charge in [-0.25, -0.2) is 0 Å². The van der Waals surface area contributed by atoms with Crippen molar-refractivity contribution in [3.8, 4) is 0 Å². The van der Waals surface area contributed by atoms with E-state index in [9.17, 15) is 0 Å². The third-order valence-corrected chi connectivity index (χ3v) is 4.35. The molecule has 2 unspecified atom stereocenters. The molecular formula is C18H36O. The second-order valence-corrected chi connectivity index (χ2v) is 6.33. The van der Waals surface area contributed by atoms with E-state index in [0.717, 1.165) is 0 Å². The second kappa shape index (κ2) is 11.8. The Kier molecular flexibility index (Phi) is 10.5. The van der Waals surface area contributed by atoms with Crippen molar-refractivity contribution in [3.05, 3.63) is 0 Å². The van der Waals surface area contributed by atoms with Gasteiger partial charge < -0.3 is 4.74 Å². The normalized spacial score (nSPS) is 21.8. The standard InChI is InChI=1S/C18H36O/c1-3-5-6-7-8-9-10-11-12-13-14-16-18-17(19-18)15-4-2/h17-18H,3-16H2,1-2H3. The van der Waals surface area contributed by atoms with E-state index in [1.165, 1.54) is 89.9 Å². The molecule has 0 N–H and O–H groups in total. The second-order valence-electron chi connectivity index (χ2n) is 6.33. The lowest BCUT2D eigenvalue weighted by molar-refractivity contribution is 0.350. The van der Waals surface area contributed by atoms with Crippen LogP contribution in [0.25, 0.3) is 0 Å². The zero-order valence-corrected chi connectivity index (χ0v) is 13.5. The Morgan fingerprint density at radius 1 is 0.526 bits per heavy atom. The quantitative estimate of drug-likeness (QED) is 0.268. The molecule has 114 valence electrons. The molecule has 0 aromatic carbocycles. The van der Waals surface area contributed by atoms with Crippen LogP contribution in [-0.2, 0) is 4.74 Å². The first-order valence-corrected chi connectivity index (χ1v) is 9.04. The molecule has 0 bridgehead atoms. The van der Waals surface area contributed by atoms with Crippen molar-refractivity contribution in [1.29, 1.82) is 0 Å². The molecular weight excluding hydrogens is 232 g/mol. The van der Waals surface area contributed by atoms with Crippen LogP contribution in [0, 0.1) is 0 Å². The highest BCUT2D eigenvalue weighted by molar-refractivity contribution is 4.83. The number of epoxide rings is 1. The van der Waals surface area contributed by atoms with Crippen LogP contribution in [0.3, 0.4) is 0 Å². The Hall–Kier alpha value is -0.0400. The summed E-state index contributed by atoms with van der Waals surface area (Å²) in [6.07, 6.45) is 21.0. The van der Waals surface area contributed by atoms with Crippen molar-refractivity contribution in [1.82, 2.24) is 0 Å². The van der Waals surface area contributed by atoms with E-state index in [0.29, 0.717) is 12.2 Å². The summed E-state index contributed by atoms with van der Waals surface area (Å²) >= 11 is 0. The van der Waals surface area contributed by atoms with E-state index in [-0.39, 0.29) is 0 Å². The highest BCUT2D eigenvalue weighted by Gasteiger charge is 2.36. The van der Waals surface area contributed by atoms with Gasteiger partial charge in [-0.3, -0.25) is 0 Å². The number of ether oxygens (including phenoxy) is 1. The third kappa shape index (κ3) is 9.49. The predicted molar refractivity (Wildman–Crippen MR) is 84.6 cm³/mol. The lowest BCUT2D eigenvalue weighted by Crippen LogP contribution is -1.93. The van der Waals surface area contributed by atoms with E-state index in [4.69, 9.17) is 4.74 Å². The zero-order valence-electron chi connectivity index (χ0n) is 13.5. The maximum atomic E-state index is 5.65. The minimum atomic E-state index is 0.633. The van der Waals surface area contributed by atoms with Gasteiger partial charge in [0.05, 0.1) is 12.2 Å². The van der Waals surface area contributed by atoms with Crippen molar-refractivity contribution in [2.24, 2.45) is 0 Å². The van der Waals surface area contributed by atoms with Crippen LogP contribution in [0.15, 0.2) is 0 Å². The Labute approximate surface area is 121 Å². The highest BCUT2D eigenvalue weighted by Crippen LogP contribution is 2.30. The molecule has 0 aromatic heterocycles. The SMILES string of the molecule is CCCCCCCCCCCCCC1OC1CCC. The number of hydrogen-bond donors (Lipinski definition) is 0. The topological polar surface area (TPSA) is 12.5 Å². The van der Waals surface area contributed by atoms with Crippen LogP contribution in [0.5, 0.6) is 0 Å². The van der Waals surface area contributed by atoms with Crippen LogP contribution in [0.1, 0.15) is 104 Å². The van der Waals surface area contributed by atoms with Gasteiger partial charge in [0, 0.05) is 0 Å². The minimum Gasteiger partial charge on any atom is -0.370 e. The fourth-order valence-electron chi connectivity index (χ4n) is 2.98. The maximum Gasteiger partial charge on any atom is 0.0841 e. The molecule has 1 nitrogen and oxygen atoms in total. The molecule has 0 aromatic rings. The molecule has 1 rings (SSSR count). The maximum absolute atomic E-state index is 5.65. The van der Waals surface area contributed by atoms with Gasteiger partial charge >= 0.3 is 0 Å². The Morgan fingerprint density at radius 3 is 1.53 bits per heavy atom. The summed E-state index contributed by atoms with van der Waals surface area (Å²) in [7, 11) is 0. The van der Waals surface area contributed by atoms with Crippen LogP contribution < -0.4 is 0 Å². The van der Waals surface area contributed by atoms with E-state index < -0.39 is 0 Å². The highest BCUT2D eigenvalue weighted by atomic mass is 16.6. The summed E-state index contributed by atoms with van der Waals surface area (Å²) in [5.41, 5.74) is 0. The molecule has 1 saturated heterocycles. The summed E-state index contributed by atoms with van der Waals surface area (Å²) in [6, 6.07) is 0. The number of rotatable bonds is 14. The lowest BCUT2D eigenvalue weighted by atomic mass is 10.0. The van der Waals surface area contributed by atoms with E-state index in [1.54, 1.807) is 0 Å². The minimum absolute atomic E-state index is 0.633. The first kappa shape index (κ1) is 17.0. The smallest absolute Gasteiger partial charge is 0.0841 e. The van der Waals surface area contributed by atoms with Crippen LogP contribution in [-0.4, -0.2) is 12.2 Å². The summed E-state index contributed by atoms with van der Waals surface area (Å²) in [5.74, 6) is 0. The third-order valence-electron chi connectivity index (χ3n) is 4.35. The van der Waals surface area contributed by atoms with Gasteiger partial charge in [0.2, 0.25) is 0 Å². The summed E-state index contributed by atoms with van der Waals surface area (Å²) in [6.45, 7) is 4.54. The van der Waals surface area contributed by atoms with Gasteiger partial charge in [0.1, 0.15) is 0 Å². The zero-order chi connectivity index (χ0) is 13.8. The van der Waals surface area contributed by atoms with Crippen molar-refractivity contribution >= 4 is 0 Å². The van der Waals surface area contributed by atoms with Gasteiger partial charge in [-0.05, 0) is 12.8 Å². The molecule has 1 heterocycles. The molecule has 0 amide bonds. The summed E-state index contributed by atoms with van der Waals surface area (Å²) < 4.78 is 5.65. The molecule has 0 aliphatic carbocycles. The Morgan fingerprint density at radius 2 is 1.00 bits per heavy atom. The van der Waals surface area contributed by atoms with E-state index >= 15 is 0 Å². The average molecular weight is 268 g/mol. The first-order chi connectivity index (χ1) is 9.38. The fourth-order valence-corrected chi connectivity index (χ4v) is 2.98. The van der Waals surface area contributed by atoms with Crippen molar-refractivity contribution in [2.75, 3.05) is 0 Å². The molecule has 0 radical (unpaired) electrons. The molecule has 0 spiro atoms. The van der Waals surface area contributed by atoms with Crippen molar-refractivity contribution in [3.63, 3.8) is 0 Å².